The van der Waals surface area contributed by atoms with E-state index in [-0.39, 0.29) is 23.1 Å². The maximum Gasteiger partial charge on any atom is 0.338 e. The Morgan fingerprint density at radius 1 is 1.16 bits per heavy atom. The molecule has 1 aliphatic carbocycles. The highest BCUT2D eigenvalue weighted by atomic mass is 32.2. The lowest BCUT2D eigenvalue weighted by atomic mass is 10.1. The van der Waals surface area contributed by atoms with Crippen LogP contribution in [0, 0.1) is 13.8 Å². The Labute approximate surface area is 148 Å². The summed E-state index contributed by atoms with van der Waals surface area (Å²) in [5, 5.41) is 0. The number of ether oxygens (including phenoxy) is 1. The zero-order valence-corrected chi connectivity index (χ0v) is 15.1. The van der Waals surface area contributed by atoms with Crippen LogP contribution < -0.4 is 4.72 Å². The van der Waals surface area contributed by atoms with Crippen molar-refractivity contribution in [3.63, 3.8) is 0 Å². The number of esters is 1. The van der Waals surface area contributed by atoms with Gasteiger partial charge >= 0.3 is 5.97 Å². The van der Waals surface area contributed by atoms with Crippen molar-refractivity contribution in [2.24, 2.45) is 0 Å². The number of rotatable bonds is 6. The Morgan fingerprint density at radius 2 is 1.92 bits per heavy atom. The highest BCUT2D eigenvalue weighted by Gasteiger charge is 2.28. The summed E-state index contributed by atoms with van der Waals surface area (Å²) in [5.41, 5.74) is 2.93. The van der Waals surface area contributed by atoms with Crippen molar-refractivity contribution in [2.75, 3.05) is 0 Å². The lowest BCUT2D eigenvalue weighted by Crippen LogP contribution is -2.26. The van der Waals surface area contributed by atoms with E-state index in [1.54, 1.807) is 13.0 Å². The van der Waals surface area contributed by atoms with Gasteiger partial charge in [0.15, 0.2) is 0 Å². The largest absolute Gasteiger partial charge is 0.457 e. The molecule has 0 atom stereocenters. The van der Waals surface area contributed by atoms with E-state index >= 15 is 0 Å². The van der Waals surface area contributed by atoms with Crippen LogP contribution in [0.1, 0.15) is 39.9 Å². The molecule has 0 heterocycles. The van der Waals surface area contributed by atoms with Gasteiger partial charge in [0.25, 0.3) is 0 Å². The smallest absolute Gasteiger partial charge is 0.338 e. The fraction of sp³-hybridized carbons (Fsp3) is 0.316. The van der Waals surface area contributed by atoms with Gasteiger partial charge in [-0.1, -0.05) is 35.9 Å². The number of hydrogen-bond acceptors (Lipinski definition) is 4. The summed E-state index contributed by atoms with van der Waals surface area (Å²) in [7, 11) is -3.60. The second-order valence-electron chi connectivity index (χ2n) is 6.44. The number of carbonyl (C=O) groups excluding carboxylic acids is 1. The zero-order valence-electron chi connectivity index (χ0n) is 14.3. The third kappa shape index (κ3) is 4.46. The normalized spacial score (nSPS) is 14.3. The summed E-state index contributed by atoms with van der Waals surface area (Å²) in [5.74, 6) is -0.525. The zero-order chi connectivity index (χ0) is 18.0. The Bertz CT molecular complexity index is 901. The molecule has 5 nitrogen and oxygen atoms in total. The fourth-order valence-electron chi connectivity index (χ4n) is 2.51. The van der Waals surface area contributed by atoms with Crippen LogP contribution in [-0.2, 0) is 21.4 Å². The Morgan fingerprint density at radius 3 is 2.60 bits per heavy atom. The van der Waals surface area contributed by atoms with Gasteiger partial charge in [0.1, 0.15) is 6.61 Å². The van der Waals surface area contributed by atoms with E-state index in [9.17, 15) is 13.2 Å². The lowest BCUT2D eigenvalue weighted by molar-refractivity contribution is 0.0471. The van der Waals surface area contributed by atoms with Gasteiger partial charge in [-0.25, -0.2) is 17.9 Å². The minimum Gasteiger partial charge on any atom is -0.457 e. The minimum absolute atomic E-state index is 0.0167. The summed E-state index contributed by atoms with van der Waals surface area (Å²) >= 11 is 0. The predicted octanol–water partition coefficient (Wildman–Crippen LogP) is 3.10. The first kappa shape index (κ1) is 17.6. The van der Waals surface area contributed by atoms with Gasteiger partial charge in [-0.05, 0) is 49.9 Å². The van der Waals surface area contributed by atoms with Crippen molar-refractivity contribution in [1.29, 1.82) is 0 Å². The highest BCUT2D eigenvalue weighted by Crippen LogP contribution is 2.23. The van der Waals surface area contributed by atoms with E-state index in [1.807, 2.05) is 31.2 Å². The van der Waals surface area contributed by atoms with Crippen LogP contribution in [0.5, 0.6) is 0 Å². The third-order valence-electron chi connectivity index (χ3n) is 4.09. The van der Waals surface area contributed by atoms with Crippen LogP contribution in [0.2, 0.25) is 0 Å². The van der Waals surface area contributed by atoms with Gasteiger partial charge in [0, 0.05) is 6.04 Å². The molecule has 0 spiro atoms. The predicted molar refractivity (Wildman–Crippen MR) is 94.8 cm³/mol. The van der Waals surface area contributed by atoms with Crippen LogP contribution in [0.25, 0.3) is 0 Å². The molecule has 0 aliphatic heterocycles. The fourth-order valence-corrected chi connectivity index (χ4v) is 3.84. The highest BCUT2D eigenvalue weighted by molar-refractivity contribution is 7.89. The maximum atomic E-state index is 12.4. The summed E-state index contributed by atoms with van der Waals surface area (Å²) in [6, 6.07) is 12.2. The molecule has 0 saturated heterocycles. The van der Waals surface area contributed by atoms with Gasteiger partial charge in [-0.3, -0.25) is 0 Å². The Hall–Kier alpha value is -2.18. The average molecular weight is 359 g/mol. The van der Waals surface area contributed by atoms with E-state index < -0.39 is 16.0 Å². The van der Waals surface area contributed by atoms with E-state index in [0.29, 0.717) is 5.56 Å². The quantitative estimate of drug-likeness (QED) is 0.805. The number of aryl methyl sites for hydroxylation is 2. The lowest BCUT2D eigenvalue weighted by Gasteiger charge is -2.11. The van der Waals surface area contributed by atoms with Gasteiger partial charge < -0.3 is 4.74 Å². The molecule has 1 aliphatic rings. The first-order chi connectivity index (χ1) is 11.8. The molecule has 132 valence electrons. The SMILES string of the molecule is Cc1cccc(COC(=O)c2cc(S(=O)(=O)NC3CC3)ccc2C)c1. The molecule has 1 saturated carbocycles. The first-order valence-corrected chi connectivity index (χ1v) is 9.69. The van der Waals surface area contributed by atoms with Gasteiger partial charge in [0.2, 0.25) is 10.0 Å². The molecule has 1 N–H and O–H groups in total. The topological polar surface area (TPSA) is 72.5 Å². The number of hydrogen-bond donors (Lipinski definition) is 1. The number of carbonyl (C=O) groups is 1. The van der Waals surface area contributed by atoms with Gasteiger partial charge in [-0.2, -0.15) is 0 Å². The molecule has 25 heavy (non-hydrogen) atoms. The van der Waals surface area contributed by atoms with E-state index in [1.165, 1.54) is 12.1 Å². The van der Waals surface area contributed by atoms with E-state index in [2.05, 4.69) is 4.72 Å². The molecule has 2 aromatic carbocycles. The van der Waals surface area contributed by atoms with Crippen molar-refractivity contribution in [1.82, 2.24) is 4.72 Å². The molecule has 0 aromatic heterocycles. The summed E-state index contributed by atoms with van der Waals surface area (Å²) in [4.78, 5) is 12.5. The molecule has 3 rings (SSSR count). The molecule has 2 aromatic rings. The van der Waals surface area contributed by atoms with Crippen LogP contribution >= 0.6 is 0 Å². The number of nitrogens with one attached hydrogen (secondary N) is 1. The van der Waals surface area contributed by atoms with Crippen LogP contribution in [-0.4, -0.2) is 20.4 Å². The molecular weight excluding hydrogens is 338 g/mol. The monoisotopic (exact) mass is 359 g/mol. The van der Waals surface area contributed by atoms with Crippen molar-refractivity contribution in [3.8, 4) is 0 Å². The minimum atomic E-state index is -3.60. The molecule has 0 amide bonds. The van der Waals surface area contributed by atoms with Gasteiger partial charge in [0.05, 0.1) is 10.5 Å². The van der Waals surface area contributed by atoms with Crippen molar-refractivity contribution in [2.45, 2.75) is 44.2 Å². The Balaban J connectivity index is 1.76. The second-order valence-corrected chi connectivity index (χ2v) is 8.15. The summed E-state index contributed by atoms with van der Waals surface area (Å²) < 4.78 is 32.6. The maximum absolute atomic E-state index is 12.4. The first-order valence-electron chi connectivity index (χ1n) is 8.21. The molecular formula is C19H21NO4S. The third-order valence-corrected chi connectivity index (χ3v) is 5.61. The molecule has 6 heteroatoms. The number of sulfonamides is 1. The van der Waals surface area contributed by atoms with Crippen LogP contribution in [0.15, 0.2) is 47.4 Å². The molecule has 0 radical (unpaired) electrons. The average Bonchev–Trinajstić information content (AvgIpc) is 3.36. The Kier molecular flexibility index (Phi) is 4.92. The van der Waals surface area contributed by atoms with Crippen molar-refractivity contribution < 1.29 is 17.9 Å². The number of benzene rings is 2. The summed E-state index contributed by atoms with van der Waals surface area (Å²) in [6.07, 6.45) is 1.72. The van der Waals surface area contributed by atoms with E-state index in [4.69, 9.17) is 4.74 Å². The molecule has 0 unspecified atom stereocenters. The van der Waals surface area contributed by atoms with Crippen molar-refractivity contribution >= 4 is 16.0 Å². The molecule has 0 bridgehead atoms. The van der Waals surface area contributed by atoms with E-state index in [0.717, 1.165) is 24.0 Å². The van der Waals surface area contributed by atoms with Crippen molar-refractivity contribution in [3.05, 3.63) is 64.7 Å². The second kappa shape index (κ2) is 6.98. The van der Waals surface area contributed by atoms with Crippen LogP contribution in [0.4, 0.5) is 0 Å². The van der Waals surface area contributed by atoms with Gasteiger partial charge in [-0.15, -0.1) is 0 Å². The molecule has 1 fully saturated rings. The summed E-state index contributed by atoms with van der Waals surface area (Å²) in [6.45, 7) is 3.88. The van der Waals surface area contributed by atoms with Crippen LogP contribution in [0.3, 0.4) is 0 Å². The standard InChI is InChI=1S/C19H21NO4S/c1-13-4-3-5-15(10-13)12-24-19(21)18-11-17(9-6-14(18)2)25(22,23)20-16-7-8-16/h3-6,9-11,16,20H,7-8,12H2,1-2H3.